The first-order chi connectivity index (χ1) is 14.8. The van der Waals surface area contributed by atoms with E-state index >= 15 is 0 Å². The quantitative estimate of drug-likeness (QED) is 0.666. The highest BCUT2D eigenvalue weighted by Crippen LogP contribution is 2.53. The van der Waals surface area contributed by atoms with Crippen LogP contribution in [0.15, 0.2) is 47.4 Å². The molecule has 2 atom stereocenters. The van der Waals surface area contributed by atoms with Crippen LogP contribution >= 0.6 is 11.6 Å². The van der Waals surface area contributed by atoms with Crippen molar-refractivity contribution in [2.24, 2.45) is 5.92 Å². The highest BCUT2D eigenvalue weighted by molar-refractivity contribution is 7.90. The fraction of sp³-hybridized carbons (Fsp3) is 0.500. The van der Waals surface area contributed by atoms with Crippen molar-refractivity contribution in [2.45, 2.75) is 48.8 Å². The van der Waals surface area contributed by atoms with E-state index in [-0.39, 0.29) is 11.7 Å². The third-order valence-corrected chi connectivity index (χ3v) is 8.41. The molecule has 0 aliphatic carbocycles. The van der Waals surface area contributed by atoms with Gasteiger partial charge in [-0.2, -0.15) is 0 Å². The summed E-state index contributed by atoms with van der Waals surface area (Å²) in [6.45, 7) is 3.50. The van der Waals surface area contributed by atoms with Crippen LogP contribution in [-0.4, -0.2) is 44.9 Å². The monoisotopic (exact) mass is 461 g/mol. The van der Waals surface area contributed by atoms with Crippen molar-refractivity contribution in [3.63, 3.8) is 0 Å². The number of piperidine rings is 1. The minimum atomic E-state index is -3.16. The lowest BCUT2D eigenvalue weighted by Crippen LogP contribution is -2.57. The van der Waals surface area contributed by atoms with E-state index in [1.165, 1.54) is 6.26 Å². The van der Waals surface area contributed by atoms with Crippen LogP contribution in [0, 0.1) is 5.92 Å². The molecule has 1 spiro atoms. The Kier molecular flexibility index (Phi) is 5.53. The Morgan fingerprint density at radius 1 is 1.13 bits per heavy atom. The standard InChI is InChI=1S/C24H28ClNO4S/c1-31(27,28)19-7-4-17(5-8-19)16-26-12-10-24(11-13-26)21-3-2-14-29-23(21)20-15-18(25)6-9-22(20)30-24/h4-9,15,21,23H,2-3,10-14,16H2,1H3/t21-,23+/m0/s1. The topological polar surface area (TPSA) is 55.8 Å². The summed E-state index contributed by atoms with van der Waals surface area (Å²) in [7, 11) is -3.16. The molecule has 0 radical (unpaired) electrons. The molecule has 0 saturated carbocycles. The fourth-order valence-electron chi connectivity index (χ4n) is 5.42. The molecular weight excluding hydrogens is 434 g/mol. The molecule has 166 valence electrons. The number of ether oxygens (including phenoxy) is 2. The Hall–Kier alpha value is -1.60. The molecule has 0 unspecified atom stereocenters. The number of nitrogens with zero attached hydrogens (tertiary/aromatic N) is 1. The smallest absolute Gasteiger partial charge is 0.175 e. The van der Waals surface area contributed by atoms with E-state index in [4.69, 9.17) is 21.1 Å². The van der Waals surface area contributed by atoms with Crippen molar-refractivity contribution in [1.82, 2.24) is 4.90 Å². The Balaban J connectivity index is 1.31. The average Bonchev–Trinajstić information content (AvgIpc) is 2.76. The molecule has 0 amide bonds. The average molecular weight is 462 g/mol. The Morgan fingerprint density at radius 2 is 1.87 bits per heavy atom. The number of rotatable bonds is 3. The minimum Gasteiger partial charge on any atom is -0.486 e. The molecule has 2 aromatic rings. The van der Waals surface area contributed by atoms with E-state index in [2.05, 4.69) is 4.90 Å². The summed E-state index contributed by atoms with van der Waals surface area (Å²) in [5.74, 6) is 1.26. The third kappa shape index (κ3) is 4.11. The van der Waals surface area contributed by atoms with Crippen molar-refractivity contribution in [3.8, 4) is 5.75 Å². The molecule has 5 nitrogen and oxygen atoms in total. The molecule has 3 aliphatic heterocycles. The van der Waals surface area contributed by atoms with E-state index < -0.39 is 9.84 Å². The van der Waals surface area contributed by atoms with Crippen LogP contribution in [0.4, 0.5) is 0 Å². The number of halogens is 1. The van der Waals surface area contributed by atoms with Gasteiger partial charge in [-0.15, -0.1) is 0 Å². The van der Waals surface area contributed by atoms with Crippen LogP contribution in [0.3, 0.4) is 0 Å². The summed E-state index contributed by atoms with van der Waals surface area (Å²) < 4.78 is 36.3. The molecule has 31 heavy (non-hydrogen) atoms. The van der Waals surface area contributed by atoms with Gasteiger partial charge in [0.25, 0.3) is 0 Å². The molecule has 0 aromatic heterocycles. The van der Waals surface area contributed by atoms with Gasteiger partial charge in [0.2, 0.25) is 0 Å². The van der Waals surface area contributed by atoms with Crippen molar-refractivity contribution in [2.75, 3.05) is 26.0 Å². The van der Waals surface area contributed by atoms with Gasteiger partial charge in [0.05, 0.1) is 11.0 Å². The third-order valence-electron chi connectivity index (χ3n) is 7.05. The van der Waals surface area contributed by atoms with Gasteiger partial charge in [0.15, 0.2) is 9.84 Å². The fourth-order valence-corrected chi connectivity index (χ4v) is 6.23. The van der Waals surface area contributed by atoms with Crippen LogP contribution in [0.5, 0.6) is 5.75 Å². The zero-order valence-electron chi connectivity index (χ0n) is 17.7. The molecule has 0 bridgehead atoms. The minimum absolute atomic E-state index is 0.0614. The summed E-state index contributed by atoms with van der Waals surface area (Å²) in [5.41, 5.74) is 2.03. The summed E-state index contributed by atoms with van der Waals surface area (Å²) in [5, 5.41) is 0.725. The molecule has 3 heterocycles. The lowest BCUT2D eigenvalue weighted by atomic mass is 9.70. The zero-order chi connectivity index (χ0) is 21.6. The number of likely N-dealkylation sites (tertiary alicyclic amines) is 1. The van der Waals surface area contributed by atoms with Crippen LogP contribution in [0.2, 0.25) is 5.02 Å². The summed E-state index contributed by atoms with van der Waals surface area (Å²) in [6.07, 6.45) is 5.40. The maximum Gasteiger partial charge on any atom is 0.175 e. The normalized spacial score (nSPS) is 25.5. The van der Waals surface area contributed by atoms with E-state index in [0.717, 1.165) is 73.8 Å². The predicted octanol–water partition coefficient (Wildman–Crippen LogP) is 4.64. The van der Waals surface area contributed by atoms with Gasteiger partial charge in [-0.05, 0) is 48.7 Å². The summed E-state index contributed by atoms with van der Waals surface area (Å²) >= 11 is 6.26. The number of fused-ring (bicyclic) bond motifs is 4. The summed E-state index contributed by atoms with van der Waals surface area (Å²) in [6, 6.07) is 13.1. The Bertz CT molecular complexity index is 1060. The van der Waals surface area contributed by atoms with Gasteiger partial charge in [0.1, 0.15) is 11.4 Å². The van der Waals surface area contributed by atoms with Crippen molar-refractivity contribution in [1.29, 1.82) is 0 Å². The van der Waals surface area contributed by atoms with Crippen molar-refractivity contribution < 1.29 is 17.9 Å². The molecular formula is C24H28ClNO4S. The first kappa shape index (κ1) is 21.3. The van der Waals surface area contributed by atoms with E-state index in [1.807, 2.05) is 30.3 Å². The molecule has 2 aromatic carbocycles. The van der Waals surface area contributed by atoms with Crippen LogP contribution in [-0.2, 0) is 21.1 Å². The predicted molar refractivity (Wildman–Crippen MR) is 120 cm³/mol. The highest BCUT2D eigenvalue weighted by atomic mass is 35.5. The number of hydrogen-bond acceptors (Lipinski definition) is 5. The van der Waals surface area contributed by atoms with Crippen LogP contribution in [0.25, 0.3) is 0 Å². The second kappa shape index (κ2) is 8.07. The highest BCUT2D eigenvalue weighted by Gasteiger charge is 2.52. The Morgan fingerprint density at radius 3 is 2.58 bits per heavy atom. The first-order valence-corrected chi connectivity index (χ1v) is 13.2. The molecule has 5 rings (SSSR count). The van der Waals surface area contributed by atoms with Crippen LogP contribution < -0.4 is 4.74 Å². The lowest BCUT2D eigenvalue weighted by molar-refractivity contribution is -0.150. The summed E-state index contributed by atoms with van der Waals surface area (Å²) in [4.78, 5) is 2.80. The van der Waals surface area contributed by atoms with E-state index in [1.54, 1.807) is 12.1 Å². The number of hydrogen-bond donors (Lipinski definition) is 0. The lowest BCUT2D eigenvalue weighted by Gasteiger charge is -2.53. The van der Waals surface area contributed by atoms with Gasteiger partial charge < -0.3 is 9.47 Å². The van der Waals surface area contributed by atoms with Gasteiger partial charge >= 0.3 is 0 Å². The number of benzene rings is 2. The van der Waals surface area contributed by atoms with Crippen molar-refractivity contribution >= 4 is 21.4 Å². The second-order valence-electron chi connectivity index (χ2n) is 9.08. The molecule has 3 aliphatic rings. The SMILES string of the molecule is CS(=O)(=O)c1ccc(CN2CCC3(CC2)Oc2ccc(Cl)cc2[C@H]2OCCC[C@@H]23)cc1. The van der Waals surface area contributed by atoms with E-state index in [9.17, 15) is 8.42 Å². The Labute approximate surface area is 189 Å². The van der Waals surface area contributed by atoms with Crippen molar-refractivity contribution in [3.05, 3.63) is 58.6 Å². The zero-order valence-corrected chi connectivity index (χ0v) is 19.3. The molecule has 7 heteroatoms. The first-order valence-electron chi connectivity index (χ1n) is 11.0. The maximum atomic E-state index is 11.7. The molecule has 2 fully saturated rings. The van der Waals surface area contributed by atoms with E-state index in [0.29, 0.717) is 10.8 Å². The number of sulfone groups is 1. The van der Waals surface area contributed by atoms with Gasteiger partial charge in [-0.1, -0.05) is 23.7 Å². The van der Waals surface area contributed by atoms with Gasteiger partial charge in [-0.3, -0.25) is 4.90 Å². The van der Waals surface area contributed by atoms with Gasteiger partial charge in [0, 0.05) is 61.8 Å². The molecule has 0 N–H and O–H groups in total. The largest absolute Gasteiger partial charge is 0.486 e. The molecule has 2 saturated heterocycles. The van der Waals surface area contributed by atoms with Crippen LogP contribution in [0.1, 0.15) is 42.9 Å². The van der Waals surface area contributed by atoms with Gasteiger partial charge in [-0.25, -0.2) is 8.42 Å². The second-order valence-corrected chi connectivity index (χ2v) is 11.5. The maximum absolute atomic E-state index is 11.7.